The number of methoxy groups -OCH3 is 1. The van der Waals surface area contributed by atoms with Crippen LogP contribution in [0.5, 0.6) is 5.88 Å². The number of carboxylic acid groups (broad SMARTS) is 1. The zero-order valence-corrected chi connectivity index (χ0v) is 11.0. The molecule has 0 radical (unpaired) electrons. The van der Waals surface area contributed by atoms with E-state index in [1.54, 1.807) is 18.2 Å². The van der Waals surface area contributed by atoms with E-state index in [0.29, 0.717) is 11.6 Å². The molecule has 0 aliphatic rings. The van der Waals surface area contributed by atoms with Crippen LogP contribution in [0.25, 0.3) is 11.3 Å². The van der Waals surface area contributed by atoms with Gasteiger partial charge in [-0.25, -0.2) is 0 Å². The third-order valence-electron chi connectivity index (χ3n) is 2.85. The van der Waals surface area contributed by atoms with Crippen molar-refractivity contribution >= 4 is 5.97 Å². The van der Waals surface area contributed by atoms with Gasteiger partial charge in [0, 0.05) is 17.7 Å². The van der Waals surface area contributed by atoms with E-state index < -0.39 is 12.0 Å². The van der Waals surface area contributed by atoms with Crippen molar-refractivity contribution in [1.29, 1.82) is 0 Å². The van der Waals surface area contributed by atoms with Crippen molar-refractivity contribution in [2.75, 3.05) is 7.11 Å². The Bertz CT molecular complexity index is 599. The van der Waals surface area contributed by atoms with Gasteiger partial charge in [0.2, 0.25) is 5.88 Å². The lowest BCUT2D eigenvalue weighted by Gasteiger charge is -2.10. The zero-order valence-electron chi connectivity index (χ0n) is 11.0. The van der Waals surface area contributed by atoms with Crippen molar-refractivity contribution < 1.29 is 14.6 Å². The van der Waals surface area contributed by atoms with Gasteiger partial charge in [-0.3, -0.25) is 4.79 Å². The van der Waals surface area contributed by atoms with E-state index in [0.717, 1.165) is 11.1 Å². The van der Waals surface area contributed by atoms with Gasteiger partial charge in [-0.1, -0.05) is 18.2 Å². The first kappa shape index (κ1) is 14.0. The predicted octanol–water partition coefficient (Wildman–Crippen LogP) is 1.63. The van der Waals surface area contributed by atoms with Crippen LogP contribution in [0.3, 0.4) is 0 Å². The fourth-order valence-electron chi connectivity index (χ4n) is 1.82. The Balaban J connectivity index is 2.26. The summed E-state index contributed by atoms with van der Waals surface area (Å²) in [6.45, 7) is 0. The lowest BCUT2D eigenvalue weighted by Crippen LogP contribution is -2.14. The molecular formula is C14H15N3O3. The molecule has 1 heterocycles. The van der Waals surface area contributed by atoms with Crippen LogP contribution in [0.2, 0.25) is 0 Å². The first-order valence-corrected chi connectivity index (χ1v) is 6.05. The Labute approximate surface area is 116 Å². The zero-order chi connectivity index (χ0) is 14.5. The van der Waals surface area contributed by atoms with Crippen molar-refractivity contribution in [2.45, 2.75) is 12.5 Å². The fourth-order valence-corrected chi connectivity index (χ4v) is 1.82. The number of aliphatic carboxylic acids is 1. The second kappa shape index (κ2) is 6.12. The van der Waals surface area contributed by atoms with Gasteiger partial charge in [0.15, 0.2) is 0 Å². The first-order chi connectivity index (χ1) is 9.60. The van der Waals surface area contributed by atoms with E-state index in [9.17, 15) is 4.79 Å². The van der Waals surface area contributed by atoms with Crippen molar-refractivity contribution in [3.63, 3.8) is 0 Å². The summed E-state index contributed by atoms with van der Waals surface area (Å²) in [5, 5.41) is 16.7. The highest BCUT2D eigenvalue weighted by atomic mass is 16.5. The smallest absolute Gasteiger partial charge is 0.305 e. The first-order valence-electron chi connectivity index (χ1n) is 6.05. The average molecular weight is 273 g/mol. The number of rotatable bonds is 5. The molecule has 1 aromatic carbocycles. The Morgan fingerprint density at radius 2 is 2.15 bits per heavy atom. The number of hydrogen-bond donors (Lipinski definition) is 2. The minimum absolute atomic E-state index is 0.113. The molecule has 20 heavy (non-hydrogen) atoms. The molecule has 6 nitrogen and oxygen atoms in total. The van der Waals surface area contributed by atoms with Gasteiger partial charge >= 0.3 is 5.97 Å². The van der Waals surface area contributed by atoms with E-state index >= 15 is 0 Å². The molecule has 0 saturated carbocycles. The van der Waals surface area contributed by atoms with Crippen LogP contribution in [0.1, 0.15) is 18.0 Å². The summed E-state index contributed by atoms with van der Waals surface area (Å²) < 4.78 is 4.95. The van der Waals surface area contributed by atoms with Gasteiger partial charge < -0.3 is 15.6 Å². The SMILES string of the molecule is COc1ccc(-c2cccc([C@@H](N)CC(=O)O)c2)nn1. The van der Waals surface area contributed by atoms with Gasteiger partial charge in [-0.15, -0.1) is 10.2 Å². The molecule has 2 aromatic rings. The second-order valence-electron chi connectivity index (χ2n) is 4.29. The van der Waals surface area contributed by atoms with Crippen LogP contribution >= 0.6 is 0 Å². The van der Waals surface area contributed by atoms with Gasteiger partial charge in [0.05, 0.1) is 19.2 Å². The minimum atomic E-state index is -0.924. The summed E-state index contributed by atoms with van der Waals surface area (Å²) in [7, 11) is 1.52. The molecule has 0 unspecified atom stereocenters. The maximum absolute atomic E-state index is 10.7. The number of nitrogens with two attached hydrogens (primary N) is 1. The third-order valence-corrected chi connectivity index (χ3v) is 2.85. The fraction of sp³-hybridized carbons (Fsp3) is 0.214. The maximum Gasteiger partial charge on any atom is 0.305 e. The molecule has 0 spiro atoms. The topological polar surface area (TPSA) is 98.3 Å². The second-order valence-corrected chi connectivity index (χ2v) is 4.29. The number of benzene rings is 1. The van der Waals surface area contributed by atoms with Crippen molar-refractivity contribution in [1.82, 2.24) is 10.2 Å². The summed E-state index contributed by atoms with van der Waals surface area (Å²) in [6.07, 6.45) is -0.113. The van der Waals surface area contributed by atoms with Gasteiger partial charge in [0.1, 0.15) is 0 Å². The molecule has 0 saturated heterocycles. The number of ether oxygens (including phenoxy) is 1. The molecule has 0 bridgehead atoms. The molecule has 2 rings (SSSR count). The standard InChI is InChI=1S/C14H15N3O3/c1-20-13-6-5-12(16-17-13)10-4-2-3-9(7-10)11(15)8-14(18)19/h2-7,11H,8,15H2,1H3,(H,18,19)/t11-/m0/s1. The van der Waals surface area contributed by atoms with E-state index in [1.807, 2.05) is 18.2 Å². The monoisotopic (exact) mass is 273 g/mol. The lowest BCUT2D eigenvalue weighted by atomic mass is 10.0. The van der Waals surface area contributed by atoms with Crippen molar-refractivity contribution in [3.8, 4) is 17.1 Å². The number of carboxylic acids is 1. The molecule has 0 fully saturated rings. The highest BCUT2D eigenvalue weighted by Gasteiger charge is 2.11. The van der Waals surface area contributed by atoms with Crippen LogP contribution in [-0.4, -0.2) is 28.4 Å². The molecule has 104 valence electrons. The van der Waals surface area contributed by atoms with Crippen LogP contribution in [-0.2, 0) is 4.79 Å². The number of aromatic nitrogens is 2. The molecule has 0 aliphatic carbocycles. The van der Waals surface area contributed by atoms with Crippen LogP contribution < -0.4 is 10.5 Å². The van der Waals surface area contributed by atoms with Crippen molar-refractivity contribution in [3.05, 3.63) is 42.0 Å². The van der Waals surface area contributed by atoms with Gasteiger partial charge in [0.25, 0.3) is 0 Å². The van der Waals surface area contributed by atoms with Crippen LogP contribution in [0.15, 0.2) is 36.4 Å². The number of hydrogen-bond acceptors (Lipinski definition) is 5. The molecule has 0 amide bonds. The van der Waals surface area contributed by atoms with Crippen molar-refractivity contribution in [2.24, 2.45) is 5.73 Å². The normalized spacial score (nSPS) is 11.9. The summed E-state index contributed by atoms with van der Waals surface area (Å²) in [5.41, 5.74) is 8.11. The van der Waals surface area contributed by atoms with E-state index in [2.05, 4.69) is 10.2 Å². The van der Waals surface area contributed by atoms with E-state index in [1.165, 1.54) is 7.11 Å². The number of nitrogens with zero attached hydrogens (tertiary/aromatic N) is 2. The minimum Gasteiger partial charge on any atom is -0.481 e. The number of carbonyl (C=O) groups is 1. The third kappa shape index (κ3) is 3.30. The lowest BCUT2D eigenvalue weighted by molar-refractivity contribution is -0.137. The Hall–Kier alpha value is -2.47. The predicted molar refractivity (Wildman–Crippen MR) is 73.2 cm³/mol. The highest BCUT2D eigenvalue weighted by molar-refractivity contribution is 5.68. The van der Waals surface area contributed by atoms with Gasteiger partial charge in [-0.05, 0) is 17.7 Å². The molecular weight excluding hydrogens is 258 g/mol. The highest BCUT2D eigenvalue weighted by Crippen LogP contribution is 2.22. The summed E-state index contributed by atoms with van der Waals surface area (Å²) in [6, 6.07) is 10.3. The molecule has 3 N–H and O–H groups in total. The molecule has 1 aromatic heterocycles. The van der Waals surface area contributed by atoms with Crippen LogP contribution in [0, 0.1) is 0 Å². The quantitative estimate of drug-likeness (QED) is 0.859. The summed E-state index contributed by atoms with van der Waals surface area (Å²) >= 11 is 0. The molecule has 0 aliphatic heterocycles. The van der Waals surface area contributed by atoms with Gasteiger partial charge in [-0.2, -0.15) is 0 Å². The largest absolute Gasteiger partial charge is 0.481 e. The maximum atomic E-state index is 10.7. The Morgan fingerprint density at radius 3 is 2.75 bits per heavy atom. The Kier molecular flexibility index (Phi) is 4.27. The van der Waals surface area contributed by atoms with E-state index in [-0.39, 0.29) is 6.42 Å². The summed E-state index contributed by atoms with van der Waals surface area (Å²) in [4.78, 5) is 10.7. The van der Waals surface area contributed by atoms with E-state index in [4.69, 9.17) is 15.6 Å². The molecule has 6 heteroatoms. The summed E-state index contributed by atoms with van der Waals surface area (Å²) in [5.74, 6) is -0.486. The Morgan fingerprint density at radius 1 is 1.35 bits per heavy atom. The average Bonchev–Trinajstić information content (AvgIpc) is 2.47. The van der Waals surface area contributed by atoms with Crippen LogP contribution in [0.4, 0.5) is 0 Å². The molecule has 1 atom stereocenters.